The van der Waals surface area contributed by atoms with Crippen LogP contribution in [0.1, 0.15) is 25.8 Å². The van der Waals surface area contributed by atoms with Crippen LogP contribution < -0.4 is 0 Å². The van der Waals surface area contributed by atoms with Gasteiger partial charge in [-0.05, 0) is 30.6 Å². The molecule has 1 aliphatic heterocycles. The minimum absolute atomic E-state index is 0.294. The zero-order valence-corrected chi connectivity index (χ0v) is 14.5. The van der Waals surface area contributed by atoms with Gasteiger partial charge in [-0.15, -0.1) is 0 Å². The van der Waals surface area contributed by atoms with Crippen molar-refractivity contribution in [2.45, 2.75) is 26.3 Å². The zero-order chi connectivity index (χ0) is 17.0. The average Bonchev–Trinajstić information content (AvgIpc) is 2.76. The second-order valence-corrected chi connectivity index (χ2v) is 6.79. The van der Waals surface area contributed by atoms with Crippen molar-refractivity contribution in [3.63, 3.8) is 0 Å². The fourth-order valence-corrected chi connectivity index (χ4v) is 3.68. The Labute approximate surface area is 144 Å². The Hall–Kier alpha value is -1.92. The van der Waals surface area contributed by atoms with E-state index >= 15 is 0 Å². The molecular weight excluding hydrogens is 330 g/mol. The predicted octanol–water partition coefficient (Wildman–Crippen LogP) is 3.70. The van der Waals surface area contributed by atoms with Crippen molar-refractivity contribution in [3.05, 3.63) is 52.4 Å². The molecule has 1 amide bonds. The summed E-state index contributed by atoms with van der Waals surface area (Å²) >= 11 is 6.33. The van der Waals surface area contributed by atoms with Crippen molar-refractivity contribution in [1.29, 1.82) is 0 Å². The Morgan fingerprint density at radius 2 is 2.04 bits per heavy atom. The number of benzene rings is 1. The Morgan fingerprint density at radius 3 is 2.61 bits per heavy atom. The van der Waals surface area contributed by atoms with Crippen LogP contribution >= 0.6 is 24.0 Å². The SMILES string of the molecule is CCC(C(=O)O)N1C(=O)/C(=C\C(C)=C\c2ccccc2)SC1=S. The van der Waals surface area contributed by atoms with E-state index in [1.807, 2.05) is 43.3 Å². The normalized spacial score (nSPS) is 18.6. The highest BCUT2D eigenvalue weighted by Gasteiger charge is 2.39. The summed E-state index contributed by atoms with van der Waals surface area (Å²) in [6.45, 7) is 3.62. The molecule has 0 spiro atoms. The van der Waals surface area contributed by atoms with Crippen LogP contribution in [0.2, 0.25) is 0 Å². The van der Waals surface area contributed by atoms with E-state index in [1.54, 1.807) is 13.0 Å². The lowest BCUT2D eigenvalue weighted by atomic mass is 10.1. The topological polar surface area (TPSA) is 57.6 Å². The number of carboxylic acid groups (broad SMARTS) is 1. The largest absolute Gasteiger partial charge is 0.480 e. The number of thiocarbonyl (C=S) groups is 1. The molecule has 6 heteroatoms. The average molecular weight is 347 g/mol. The first-order valence-electron chi connectivity index (χ1n) is 7.17. The molecule has 120 valence electrons. The fourth-order valence-electron chi connectivity index (χ4n) is 2.28. The van der Waals surface area contributed by atoms with Crippen molar-refractivity contribution in [1.82, 2.24) is 4.90 Å². The summed E-state index contributed by atoms with van der Waals surface area (Å²) in [5.41, 5.74) is 1.94. The summed E-state index contributed by atoms with van der Waals surface area (Å²) in [5, 5.41) is 9.24. The number of allylic oxidation sites excluding steroid dienone is 2. The van der Waals surface area contributed by atoms with Crippen molar-refractivity contribution in [3.8, 4) is 0 Å². The van der Waals surface area contributed by atoms with Crippen LogP contribution in [0.5, 0.6) is 0 Å². The molecule has 0 saturated carbocycles. The predicted molar refractivity (Wildman–Crippen MR) is 96.9 cm³/mol. The van der Waals surface area contributed by atoms with Crippen molar-refractivity contribution >= 4 is 46.3 Å². The molecule has 0 aliphatic carbocycles. The maximum Gasteiger partial charge on any atom is 0.326 e. The number of rotatable bonds is 5. The number of hydrogen-bond acceptors (Lipinski definition) is 4. The molecule has 0 bridgehead atoms. The lowest BCUT2D eigenvalue weighted by Crippen LogP contribution is -2.43. The number of amides is 1. The summed E-state index contributed by atoms with van der Waals surface area (Å²) in [6.07, 6.45) is 4.02. The maximum absolute atomic E-state index is 12.5. The third-order valence-electron chi connectivity index (χ3n) is 3.36. The summed E-state index contributed by atoms with van der Waals surface area (Å²) in [5.74, 6) is -1.38. The van der Waals surface area contributed by atoms with Gasteiger partial charge in [0.2, 0.25) is 0 Å². The number of carbonyl (C=O) groups is 2. The molecule has 0 aromatic heterocycles. The first-order valence-corrected chi connectivity index (χ1v) is 8.39. The van der Waals surface area contributed by atoms with E-state index in [-0.39, 0.29) is 5.91 Å². The lowest BCUT2D eigenvalue weighted by Gasteiger charge is -2.21. The lowest BCUT2D eigenvalue weighted by molar-refractivity contribution is -0.145. The Kier molecular flexibility index (Phi) is 5.74. The second-order valence-electron chi connectivity index (χ2n) is 5.11. The smallest absolute Gasteiger partial charge is 0.326 e. The Balaban J connectivity index is 2.25. The van der Waals surface area contributed by atoms with Gasteiger partial charge in [0.05, 0.1) is 4.91 Å². The highest BCUT2D eigenvalue weighted by molar-refractivity contribution is 8.26. The van der Waals surface area contributed by atoms with Crippen LogP contribution in [0, 0.1) is 0 Å². The molecule has 1 atom stereocenters. The maximum atomic E-state index is 12.5. The summed E-state index contributed by atoms with van der Waals surface area (Å²) in [7, 11) is 0. The fraction of sp³-hybridized carbons (Fsp3) is 0.235. The number of carbonyl (C=O) groups excluding carboxylic acids is 1. The monoisotopic (exact) mass is 347 g/mol. The number of hydrogen-bond donors (Lipinski definition) is 1. The van der Waals surface area contributed by atoms with Crippen molar-refractivity contribution in [2.75, 3.05) is 0 Å². The highest BCUT2D eigenvalue weighted by atomic mass is 32.2. The molecule has 1 aromatic carbocycles. The summed E-state index contributed by atoms with van der Waals surface area (Å²) < 4.78 is 0.294. The molecule has 1 aromatic rings. The minimum atomic E-state index is -1.04. The van der Waals surface area contributed by atoms with Crippen LogP contribution in [-0.2, 0) is 9.59 Å². The molecule has 0 radical (unpaired) electrons. The van der Waals surface area contributed by atoms with Gasteiger partial charge in [-0.1, -0.05) is 67.3 Å². The van der Waals surface area contributed by atoms with E-state index in [1.165, 1.54) is 4.90 Å². The third kappa shape index (κ3) is 4.09. The van der Waals surface area contributed by atoms with Crippen LogP contribution in [0.15, 0.2) is 46.9 Å². The molecule has 23 heavy (non-hydrogen) atoms. The van der Waals surface area contributed by atoms with E-state index in [2.05, 4.69) is 0 Å². The first-order chi connectivity index (χ1) is 10.9. The molecular formula is C17H17NO3S2. The van der Waals surface area contributed by atoms with Crippen LogP contribution in [0.4, 0.5) is 0 Å². The van der Waals surface area contributed by atoms with Gasteiger partial charge in [0.1, 0.15) is 10.4 Å². The molecule has 1 heterocycles. The molecule has 1 unspecified atom stereocenters. The minimum Gasteiger partial charge on any atom is -0.480 e. The van der Waals surface area contributed by atoms with Crippen LogP contribution in [0.3, 0.4) is 0 Å². The van der Waals surface area contributed by atoms with E-state index < -0.39 is 12.0 Å². The molecule has 2 rings (SSSR count). The van der Waals surface area contributed by atoms with Crippen molar-refractivity contribution in [2.24, 2.45) is 0 Å². The number of nitrogens with zero attached hydrogens (tertiary/aromatic N) is 1. The van der Waals surface area contributed by atoms with Gasteiger partial charge in [0.15, 0.2) is 0 Å². The van der Waals surface area contributed by atoms with Crippen LogP contribution in [-0.4, -0.2) is 32.2 Å². The van der Waals surface area contributed by atoms with E-state index in [4.69, 9.17) is 12.2 Å². The summed E-state index contributed by atoms with van der Waals surface area (Å²) in [4.78, 5) is 25.4. The molecule has 1 fully saturated rings. The number of carboxylic acids is 1. The molecule has 1 saturated heterocycles. The highest BCUT2D eigenvalue weighted by Crippen LogP contribution is 2.34. The third-order valence-corrected chi connectivity index (χ3v) is 4.69. The van der Waals surface area contributed by atoms with E-state index in [0.717, 1.165) is 22.9 Å². The van der Waals surface area contributed by atoms with E-state index in [9.17, 15) is 14.7 Å². The van der Waals surface area contributed by atoms with Gasteiger partial charge in [0.25, 0.3) is 5.91 Å². The Morgan fingerprint density at radius 1 is 1.39 bits per heavy atom. The summed E-state index contributed by atoms with van der Waals surface area (Å²) in [6, 6.07) is 8.86. The molecule has 1 aliphatic rings. The second kappa shape index (κ2) is 7.57. The standard InChI is InChI=1S/C17H17NO3S2/c1-3-13(16(20)21)18-15(19)14(23-17(18)22)10-11(2)9-12-7-5-4-6-8-12/h4-10,13H,3H2,1-2H3,(H,20,21)/b11-9+,14-10+. The van der Waals surface area contributed by atoms with Gasteiger partial charge in [0, 0.05) is 0 Å². The van der Waals surface area contributed by atoms with Crippen LogP contribution in [0.25, 0.3) is 6.08 Å². The zero-order valence-electron chi connectivity index (χ0n) is 12.9. The van der Waals surface area contributed by atoms with E-state index in [0.29, 0.717) is 15.6 Å². The number of aliphatic carboxylic acids is 1. The van der Waals surface area contributed by atoms with Crippen molar-refractivity contribution < 1.29 is 14.7 Å². The first kappa shape index (κ1) is 17.4. The Bertz CT molecular complexity index is 695. The van der Waals surface area contributed by atoms with Gasteiger partial charge in [-0.2, -0.15) is 0 Å². The molecule has 4 nitrogen and oxygen atoms in total. The van der Waals surface area contributed by atoms with Gasteiger partial charge >= 0.3 is 5.97 Å². The quantitative estimate of drug-likeness (QED) is 0.650. The number of thioether (sulfide) groups is 1. The van der Waals surface area contributed by atoms with Gasteiger partial charge in [-0.3, -0.25) is 9.69 Å². The molecule has 1 N–H and O–H groups in total. The van der Waals surface area contributed by atoms with Gasteiger partial charge < -0.3 is 5.11 Å². The van der Waals surface area contributed by atoms with Gasteiger partial charge in [-0.25, -0.2) is 4.79 Å².